The SMILES string of the molecule is CCCN1C(=O)S/C(=C/c2cc(Cl)cc(OC)c2O)C1=O. The summed E-state index contributed by atoms with van der Waals surface area (Å²) >= 11 is 6.79. The number of amides is 2. The van der Waals surface area contributed by atoms with E-state index in [0.717, 1.165) is 11.8 Å². The Labute approximate surface area is 131 Å². The highest BCUT2D eigenvalue weighted by Gasteiger charge is 2.34. The molecule has 1 aromatic carbocycles. The second kappa shape index (κ2) is 6.41. The van der Waals surface area contributed by atoms with E-state index in [2.05, 4.69) is 0 Å². The smallest absolute Gasteiger partial charge is 0.293 e. The summed E-state index contributed by atoms with van der Waals surface area (Å²) in [6.45, 7) is 2.27. The van der Waals surface area contributed by atoms with Crippen molar-refractivity contribution >= 4 is 40.6 Å². The average Bonchev–Trinajstić information content (AvgIpc) is 2.70. The van der Waals surface area contributed by atoms with Crippen molar-refractivity contribution in [3.8, 4) is 11.5 Å². The molecule has 1 fully saturated rings. The number of carbonyl (C=O) groups excluding carboxylic acids is 2. The summed E-state index contributed by atoms with van der Waals surface area (Å²) < 4.78 is 5.01. The van der Waals surface area contributed by atoms with Crippen molar-refractivity contribution in [1.29, 1.82) is 0 Å². The Hall–Kier alpha value is -1.66. The molecule has 0 atom stereocenters. The Morgan fingerprint density at radius 3 is 2.76 bits per heavy atom. The molecule has 2 amide bonds. The molecule has 1 heterocycles. The topological polar surface area (TPSA) is 66.8 Å². The van der Waals surface area contributed by atoms with Gasteiger partial charge in [-0.15, -0.1) is 0 Å². The molecule has 0 spiro atoms. The van der Waals surface area contributed by atoms with E-state index in [9.17, 15) is 14.7 Å². The number of rotatable bonds is 4. The van der Waals surface area contributed by atoms with E-state index in [0.29, 0.717) is 23.6 Å². The van der Waals surface area contributed by atoms with Gasteiger partial charge in [0.2, 0.25) is 0 Å². The van der Waals surface area contributed by atoms with Crippen molar-refractivity contribution < 1.29 is 19.4 Å². The first kappa shape index (κ1) is 15.7. The third-order valence-corrected chi connectivity index (χ3v) is 4.02. The lowest BCUT2D eigenvalue weighted by atomic mass is 10.1. The highest BCUT2D eigenvalue weighted by molar-refractivity contribution is 8.18. The molecule has 0 unspecified atom stereocenters. The average molecular weight is 328 g/mol. The van der Waals surface area contributed by atoms with Gasteiger partial charge in [0.25, 0.3) is 11.1 Å². The number of phenolic OH excluding ortho intramolecular Hbond substituents is 1. The molecule has 0 bridgehead atoms. The van der Waals surface area contributed by atoms with Crippen LogP contribution in [0.4, 0.5) is 4.79 Å². The normalized spacial score (nSPS) is 16.9. The molecule has 0 aliphatic carbocycles. The lowest BCUT2D eigenvalue weighted by Gasteiger charge is -2.10. The first-order chi connectivity index (χ1) is 9.97. The van der Waals surface area contributed by atoms with Crippen LogP contribution in [0.2, 0.25) is 5.02 Å². The number of imide groups is 1. The van der Waals surface area contributed by atoms with Crippen molar-refractivity contribution in [2.45, 2.75) is 13.3 Å². The summed E-state index contributed by atoms with van der Waals surface area (Å²) in [4.78, 5) is 25.3. The third kappa shape index (κ3) is 3.16. The number of nitrogens with zero attached hydrogens (tertiary/aromatic N) is 1. The predicted octanol–water partition coefficient (Wildman–Crippen LogP) is 3.50. The second-order valence-electron chi connectivity index (χ2n) is 4.38. The van der Waals surface area contributed by atoms with Gasteiger partial charge < -0.3 is 9.84 Å². The van der Waals surface area contributed by atoms with Gasteiger partial charge >= 0.3 is 0 Å². The maximum Gasteiger partial charge on any atom is 0.293 e. The van der Waals surface area contributed by atoms with Crippen molar-refractivity contribution in [2.24, 2.45) is 0 Å². The van der Waals surface area contributed by atoms with E-state index in [-0.39, 0.29) is 27.6 Å². The van der Waals surface area contributed by atoms with Crippen LogP contribution in [-0.2, 0) is 4.79 Å². The van der Waals surface area contributed by atoms with Crippen molar-refractivity contribution in [3.63, 3.8) is 0 Å². The second-order valence-corrected chi connectivity index (χ2v) is 5.81. The van der Waals surface area contributed by atoms with Crippen LogP contribution in [-0.4, -0.2) is 34.8 Å². The fourth-order valence-corrected chi connectivity index (χ4v) is 2.99. The van der Waals surface area contributed by atoms with E-state index < -0.39 is 0 Å². The number of thioether (sulfide) groups is 1. The van der Waals surface area contributed by atoms with Gasteiger partial charge in [-0.25, -0.2) is 0 Å². The monoisotopic (exact) mass is 327 g/mol. The van der Waals surface area contributed by atoms with Crippen LogP contribution < -0.4 is 4.74 Å². The number of aromatic hydroxyl groups is 1. The van der Waals surface area contributed by atoms with Crippen LogP contribution in [0.3, 0.4) is 0 Å². The minimum absolute atomic E-state index is 0.121. The zero-order chi connectivity index (χ0) is 15.6. The van der Waals surface area contributed by atoms with Crippen molar-refractivity contribution in [3.05, 3.63) is 27.6 Å². The Bertz CT molecular complexity index is 630. The van der Waals surface area contributed by atoms with Crippen LogP contribution in [0.1, 0.15) is 18.9 Å². The molecule has 112 valence electrons. The summed E-state index contributed by atoms with van der Waals surface area (Å²) in [5, 5.41) is 10.1. The van der Waals surface area contributed by atoms with E-state index in [1.54, 1.807) is 0 Å². The molecular weight excluding hydrogens is 314 g/mol. The van der Waals surface area contributed by atoms with Gasteiger partial charge in [0.1, 0.15) is 0 Å². The summed E-state index contributed by atoms with van der Waals surface area (Å²) in [7, 11) is 1.41. The third-order valence-electron chi connectivity index (χ3n) is 2.90. The zero-order valence-corrected chi connectivity index (χ0v) is 13.1. The molecule has 0 radical (unpaired) electrons. The Kier molecular flexibility index (Phi) is 4.80. The predicted molar refractivity (Wildman–Crippen MR) is 82.6 cm³/mol. The molecule has 1 saturated heterocycles. The first-order valence-corrected chi connectivity index (χ1v) is 7.49. The summed E-state index contributed by atoms with van der Waals surface area (Å²) in [5.74, 6) is -0.268. The molecule has 1 N–H and O–H groups in total. The number of hydrogen-bond donors (Lipinski definition) is 1. The van der Waals surface area contributed by atoms with E-state index in [1.807, 2.05) is 6.92 Å². The summed E-state index contributed by atoms with van der Waals surface area (Å²) in [5.41, 5.74) is 0.335. The van der Waals surface area contributed by atoms with E-state index in [1.165, 1.54) is 30.2 Å². The van der Waals surface area contributed by atoms with Gasteiger partial charge in [0.05, 0.1) is 12.0 Å². The minimum Gasteiger partial charge on any atom is -0.504 e. The van der Waals surface area contributed by atoms with E-state index >= 15 is 0 Å². The number of halogens is 1. The fourth-order valence-electron chi connectivity index (χ4n) is 1.92. The first-order valence-electron chi connectivity index (χ1n) is 6.29. The number of methoxy groups -OCH3 is 1. The lowest BCUT2D eigenvalue weighted by molar-refractivity contribution is -0.122. The Morgan fingerprint density at radius 1 is 1.43 bits per heavy atom. The molecule has 2 rings (SSSR count). The number of ether oxygens (including phenoxy) is 1. The maximum absolute atomic E-state index is 12.1. The van der Waals surface area contributed by atoms with Crippen LogP contribution >= 0.6 is 23.4 Å². The maximum atomic E-state index is 12.1. The van der Waals surface area contributed by atoms with Crippen molar-refractivity contribution in [2.75, 3.05) is 13.7 Å². The number of benzene rings is 1. The molecule has 1 aliphatic heterocycles. The van der Waals surface area contributed by atoms with Gasteiger partial charge in [0.15, 0.2) is 11.5 Å². The number of phenols is 1. The van der Waals surface area contributed by atoms with Crippen molar-refractivity contribution in [1.82, 2.24) is 4.90 Å². The molecule has 1 aromatic rings. The quantitative estimate of drug-likeness (QED) is 0.857. The molecule has 0 aromatic heterocycles. The van der Waals surface area contributed by atoms with Crippen LogP contribution in [0.5, 0.6) is 11.5 Å². The molecule has 1 aliphatic rings. The zero-order valence-electron chi connectivity index (χ0n) is 11.6. The standard InChI is InChI=1S/C14H14ClNO4S/c1-3-4-16-13(18)11(21-14(16)19)6-8-5-9(15)7-10(20-2)12(8)17/h5-7,17H,3-4H2,1-2H3/b11-6+. The van der Waals surface area contributed by atoms with Crippen LogP contribution in [0.25, 0.3) is 6.08 Å². The van der Waals surface area contributed by atoms with Gasteiger partial charge in [-0.3, -0.25) is 14.5 Å². The highest BCUT2D eigenvalue weighted by Crippen LogP contribution is 2.38. The Balaban J connectivity index is 2.39. The molecule has 0 saturated carbocycles. The van der Waals surface area contributed by atoms with Gasteiger partial charge in [0, 0.05) is 23.2 Å². The minimum atomic E-state index is -0.356. The van der Waals surface area contributed by atoms with Crippen LogP contribution in [0, 0.1) is 0 Å². The van der Waals surface area contributed by atoms with Gasteiger partial charge in [-0.1, -0.05) is 18.5 Å². The molecule has 21 heavy (non-hydrogen) atoms. The van der Waals surface area contributed by atoms with Gasteiger partial charge in [-0.2, -0.15) is 0 Å². The molecular formula is C14H14ClNO4S. The summed E-state index contributed by atoms with van der Waals surface area (Å²) in [6.07, 6.45) is 2.14. The van der Waals surface area contributed by atoms with E-state index in [4.69, 9.17) is 16.3 Å². The van der Waals surface area contributed by atoms with Crippen LogP contribution in [0.15, 0.2) is 17.0 Å². The largest absolute Gasteiger partial charge is 0.504 e. The molecule has 5 nitrogen and oxygen atoms in total. The number of carbonyl (C=O) groups is 2. The highest BCUT2D eigenvalue weighted by atomic mass is 35.5. The number of hydrogen-bond acceptors (Lipinski definition) is 5. The summed E-state index contributed by atoms with van der Waals surface area (Å²) in [6, 6.07) is 2.98. The van der Waals surface area contributed by atoms with Gasteiger partial charge in [-0.05, 0) is 30.3 Å². The fraction of sp³-hybridized carbons (Fsp3) is 0.286. The Morgan fingerprint density at radius 2 is 2.14 bits per heavy atom. The molecule has 7 heteroatoms. The lowest BCUT2D eigenvalue weighted by Crippen LogP contribution is -2.28.